The highest BCUT2D eigenvalue weighted by molar-refractivity contribution is 5.76. The van der Waals surface area contributed by atoms with Crippen molar-refractivity contribution in [2.45, 2.75) is 45.1 Å². The van der Waals surface area contributed by atoms with Crippen LogP contribution < -0.4 is 5.32 Å². The Kier molecular flexibility index (Phi) is 5.60. The largest absolute Gasteiger partial charge is 0.341 e. The number of amides is 1. The summed E-state index contributed by atoms with van der Waals surface area (Å²) in [5.74, 6) is 0.294. The summed E-state index contributed by atoms with van der Waals surface area (Å²) < 4.78 is 0. The Morgan fingerprint density at radius 3 is 2.70 bits per heavy atom. The van der Waals surface area contributed by atoms with E-state index >= 15 is 0 Å². The molecule has 1 aromatic rings. The molecule has 1 heterocycles. The van der Waals surface area contributed by atoms with Crippen molar-refractivity contribution >= 4 is 5.91 Å². The Morgan fingerprint density at radius 2 is 2.05 bits per heavy atom. The number of hydrogen-bond donors (Lipinski definition) is 1. The number of rotatable bonds is 6. The van der Waals surface area contributed by atoms with Crippen LogP contribution >= 0.6 is 0 Å². The van der Waals surface area contributed by atoms with E-state index in [9.17, 15) is 4.79 Å². The van der Waals surface area contributed by atoms with Gasteiger partial charge in [0.15, 0.2) is 0 Å². The summed E-state index contributed by atoms with van der Waals surface area (Å²) in [6, 6.07) is 9.09. The average molecular weight is 274 g/mol. The van der Waals surface area contributed by atoms with E-state index in [0.717, 1.165) is 38.8 Å². The summed E-state index contributed by atoms with van der Waals surface area (Å²) >= 11 is 0. The quantitative estimate of drug-likeness (QED) is 0.809. The highest BCUT2D eigenvalue weighted by atomic mass is 16.2. The van der Waals surface area contributed by atoms with Gasteiger partial charge < -0.3 is 10.2 Å². The number of benzene rings is 1. The molecule has 0 bridgehead atoms. The Hall–Kier alpha value is -1.35. The van der Waals surface area contributed by atoms with Crippen molar-refractivity contribution in [1.82, 2.24) is 10.2 Å². The van der Waals surface area contributed by atoms with Crippen molar-refractivity contribution in [3.8, 4) is 0 Å². The predicted octanol–water partition coefficient (Wildman–Crippen LogP) is 2.53. The summed E-state index contributed by atoms with van der Waals surface area (Å²) in [5, 5.41) is 3.31. The van der Waals surface area contributed by atoms with E-state index in [2.05, 4.69) is 36.5 Å². The summed E-state index contributed by atoms with van der Waals surface area (Å²) in [5.41, 5.74) is 2.67. The van der Waals surface area contributed by atoms with Crippen LogP contribution in [-0.4, -0.2) is 37.0 Å². The number of carbonyl (C=O) groups is 1. The van der Waals surface area contributed by atoms with Crippen molar-refractivity contribution in [2.75, 3.05) is 20.1 Å². The molecule has 1 saturated heterocycles. The number of likely N-dealkylation sites (N-methyl/N-ethyl adjacent to an activating group) is 1. The summed E-state index contributed by atoms with van der Waals surface area (Å²) in [6.07, 6.45) is 4.91. The van der Waals surface area contributed by atoms with Gasteiger partial charge in [0.2, 0.25) is 5.91 Å². The molecule has 1 aliphatic rings. The Labute approximate surface area is 122 Å². The van der Waals surface area contributed by atoms with E-state index in [0.29, 0.717) is 18.4 Å². The molecule has 1 fully saturated rings. The second-order valence-electron chi connectivity index (χ2n) is 5.84. The topological polar surface area (TPSA) is 32.3 Å². The first-order valence-corrected chi connectivity index (χ1v) is 7.69. The maximum atomic E-state index is 12.1. The zero-order chi connectivity index (χ0) is 14.4. The first-order valence-electron chi connectivity index (χ1n) is 7.69. The second-order valence-corrected chi connectivity index (χ2v) is 5.84. The molecule has 3 heteroatoms. The number of nitrogens with one attached hydrogen (secondary N) is 1. The van der Waals surface area contributed by atoms with Crippen LogP contribution in [0.1, 0.15) is 36.8 Å². The van der Waals surface area contributed by atoms with Gasteiger partial charge in [-0.1, -0.05) is 29.8 Å². The first kappa shape index (κ1) is 15.0. The van der Waals surface area contributed by atoms with Gasteiger partial charge in [0, 0.05) is 26.1 Å². The fourth-order valence-electron chi connectivity index (χ4n) is 2.71. The highest BCUT2D eigenvalue weighted by Gasteiger charge is 2.22. The third-order valence-electron chi connectivity index (χ3n) is 4.20. The lowest BCUT2D eigenvalue weighted by atomic mass is 10.1. The van der Waals surface area contributed by atoms with Gasteiger partial charge in [0.05, 0.1) is 0 Å². The van der Waals surface area contributed by atoms with Gasteiger partial charge in [-0.05, 0) is 44.7 Å². The number of carbonyl (C=O) groups excluding carboxylic acids is 1. The monoisotopic (exact) mass is 274 g/mol. The van der Waals surface area contributed by atoms with E-state index in [1.54, 1.807) is 0 Å². The van der Waals surface area contributed by atoms with Gasteiger partial charge in [-0.2, -0.15) is 0 Å². The Bertz CT molecular complexity index is 421. The minimum absolute atomic E-state index is 0.294. The normalized spacial score (nSPS) is 18.2. The van der Waals surface area contributed by atoms with Crippen LogP contribution in [0.15, 0.2) is 24.3 Å². The van der Waals surface area contributed by atoms with Crippen LogP contribution in [0.2, 0.25) is 0 Å². The molecule has 1 atom stereocenters. The van der Waals surface area contributed by atoms with Gasteiger partial charge in [-0.15, -0.1) is 0 Å². The molecule has 2 rings (SSSR count). The minimum atomic E-state index is 0.294. The number of aryl methyl sites for hydroxylation is 2. The van der Waals surface area contributed by atoms with Crippen molar-refractivity contribution in [2.24, 2.45) is 0 Å². The summed E-state index contributed by atoms with van der Waals surface area (Å²) in [4.78, 5) is 14.0. The van der Waals surface area contributed by atoms with Gasteiger partial charge in [-0.3, -0.25) is 4.79 Å². The average Bonchev–Trinajstić information content (AvgIpc) is 2.98. The molecular weight excluding hydrogens is 248 g/mol. The van der Waals surface area contributed by atoms with Gasteiger partial charge >= 0.3 is 0 Å². The molecule has 0 spiro atoms. The van der Waals surface area contributed by atoms with Crippen LogP contribution in [0, 0.1) is 6.92 Å². The summed E-state index contributed by atoms with van der Waals surface area (Å²) in [7, 11) is 1.94. The van der Waals surface area contributed by atoms with E-state index in [1.165, 1.54) is 11.1 Å². The van der Waals surface area contributed by atoms with E-state index in [-0.39, 0.29) is 0 Å². The van der Waals surface area contributed by atoms with Crippen LogP contribution in [-0.2, 0) is 11.2 Å². The molecule has 20 heavy (non-hydrogen) atoms. The lowest BCUT2D eigenvalue weighted by Gasteiger charge is -2.23. The van der Waals surface area contributed by atoms with Crippen molar-refractivity contribution in [1.29, 1.82) is 0 Å². The van der Waals surface area contributed by atoms with E-state index in [1.807, 2.05) is 11.9 Å². The Morgan fingerprint density at radius 1 is 1.30 bits per heavy atom. The summed E-state index contributed by atoms with van der Waals surface area (Å²) in [6.45, 7) is 4.09. The van der Waals surface area contributed by atoms with E-state index in [4.69, 9.17) is 0 Å². The number of nitrogens with zero attached hydrogens (tertiary/aromatic N) is 1. The molecule has 1 unspecified atom stereocenters. The Balaban J connectivity index is 1.65. The molecule has 0 saturated carbocycles. The maximum absolute atomic E-state index is 12.1. The predicted molar refractivity (Wildman–Crippen MR) is 82.8 cm³/mol. The van der Waals surface area contributed by atoms with Crippen molar-refractivity contribution in [3.63, 3.8) is 0 Å². The van der Waals surface area contributed by atoms with Gasteiger partial charge in [0.1, 0.15) is 0 Å². The third kappa shape index (κ3) is 4.34. The lowest BCUT2D eigenvalue weighted by molar-refractivity contribution is -0.131. The molecule has 3 nitrogen and oxygen atoms in total. The zero-order valence-electron chi connectivity index (χ0n) is 12.7. The van der Waals surface area contributed by atoms with Crippen molar-refractivity contribution in [3.05, 3.63) is 35.4 Å². The molecule has 0 aliphatic carbocycles. The fraction of sp³-hybridized carbons (Fsp3) is 0.588. The number of hydrogen-bond acceptors (Lipinski definition) is 2. The minimum Gasteiger partial charge on any atom is -0.341 e. The van der Waals surface area contributed by atoms with Gasteiger partial charge in [-0.25, -0.2) is 0 Å². The number of unbranched alkanes of at least 4 members (excludes halogenated alkanes) is 1. The molecule has 110 valence electrons. The molecule has 0 radical (unpaired) electrons. The van der Waals surface area contributed by atoms with Crippen molar-refractivity contribution < 1.29 is 4.79 Å². The first-order chi connectivity index (χ1) is 9.66. The molecular formula is C17H26N2O. The maximum Gasteiger partial charge on any atom is 0.222 e. The lowest BCUT2D eigenvalue weighted by Crippen LogP contribution is -2.38. The van der Waals surface area contributed by atoms with Crippen LogP contribution in [0.4, 0.5) is 0 Å². The molecule has 1 amide bonds. The molecule has 0 aromatic heterocycles. The SMILES string of the molecule is Cc1ccc(CCCCC(=O)N(C)C2CCNC2)cc1. The van der Waals surface area contributed by atoms with Crippen LogP contribution in [0.5, 0.6) is 0 Å². The third-order valence-corrected chi connectivity index (χ3v) is 4.20. The fourth-order valence-corrected chi connectivity index (χ4v) is 2.71. The van der Waals surface area contributed by atoms with Crippen LogP contribution in [0.3, 0.4) is 0 Å². The highest BCUT2D eigenvalue weighted by Crippen LogP contribution is 2.11. The molecule has 1 aliphatic heterocycles. The van der Waals surface area contributed by atoms with Crippen LogP contribution in [0.25, 0.3) is 0 Å². The smallest absolute Gasteiger partial charge is 0.222 e. The zero-order valence-corrected chi connectivity index (χ0v) is 12.7. The molecule has 1 aromatic carbocycles. The standard InChI is InChI=1S/C17H26N2O/c1-14-7-9-15(10-8-14)5-3-4-6-17(20)19(2)16-11-12-18-13-16/h7-10,16,18H,3-6,11-13H2,1-2H3. The molecule has 1 N–H and O–H groups in total. The van der Waals surface area contributed by atoms with Gasteiger partial charge in [0.25, 0.3) is 0 Å². The van der Waals surface area contributed by atoms with E-state index < -0.39 is 0 Å². The second kappa shape index (κ2) is 7.44.